The van der Waals surface area contributed by atoms with Gasteiger partial charge in [-0.15, -0.1) is 0 Å². The molecule has 0 saturated carbocycles. The van der Waals surface area contributed by atoms with Gasteiger partial charge in [0.15, 0.2) is 0 Å². The molecule has 33 heavy (non-hydrogen) atoms. The Bertz CT molecular complexity index is 1010. The van der Waals surface area contributed by atoms with Crippen molar-refractivity contribution in [2.75, 3.05) is 6.61 Å². The second kappa shape index (κ2) is 12.9. The van der Waals surface area contributed by atoms with Gasteiger partial charge in [-0.1, -0.05) is 62.2 Å². The molecule has 4 heteroatoms. The van der Waals surface area contributed by atoms with Gasteiger partial charge in [0.25, 0.3) is 0 Å². The van der Waals surface area contributed by atoms with Crippen LogP contribution in [0.15, 0.2) is 66.9 Å². The van der Waals surface area contributed by atoms with Crippen molar-refractivity contribution in [3.63, 3.8) is 0 Å². The minimum Gasteiger partial charge on any atom is -0.508 e. The van der Waals surface area contributed by atoms with Gasteiger partial charge in [0.2, 0.25) is 0 Å². The topological polar surface area (TPSA) is 42.4 Å². The molecule has 0 aliphatic heterocycles. The van der Waals surface area contributed by atoms with Crippen LogP contribution >= 0.6 is 0 Å². The fourth-order valence-corrected chi connectivity index (χ4v) is 3.69. The first-order valence-electron chi connectivity index (χ1n) is 11.9. The van der Waals surface area contributed by atoms with Gasteiger partial charge >= 0.3 is 0 Å². The van der Waals surface area contributed by atoms with Crippen LogP contribution in [-0.4, -0.2) is 22.8 Å². The molecule has 0 fully saturated rings. The highest BCUT2D eigenvalue weighted by molar-refractivity contribution is 5.68. The largest absolute Gasteiger partial charge is 0.508 e. The first kappa shape index (κ1) is 24.7. The lowest BCUT2D eigenvalue weighted by molar-refractivity contribution is 0.0566. The number of nitrogens with zero attached hydrogens (tertiary/aromatic N) is 1. The quantitative estimate of drug-likeness (QED) is 0.286. The molecule has 1 heterocycles. The summed E-state index contributed by atoms with van der Waals surface area (Å²) in [5.74, 6) is -0.550. The highest BCUT2D eigenvalue weighted by atomic mass is 19.1. The summed E-state index contributed by atoms with van der Waals surface area (Å²) in [5, 5.41) is 9.38. The van der Waals surface area contributed by atoms with E-state index in [9.17, 15) is 9.50 Å². The van der Waals surface area contributed by atoms with Crippen molar-refractivity contribution >= 4 is 6.08 Å². The minimum absolute atomic E-state index is 0.0867. The number of rotatable bonds is 12. The van der Waals surface area contributed by atoms with E-state index in [-0.39, 0.29) is 5.75 Å². The molecule has 0 saturated heterocycles. The van der Waals surface area contributed by atoms with Crippen molar-refractivity contribution < 1.29 is 14.2 Å². The molecule has 3 nitrogen and oxygen atoms in total. The maximum atomic E-state index is 14.1. The van der Waals surface area contributed by atoms with Gasteiger partial charge in [-0.25, -0.2) is 4.39 Å². The molecule has 3 aromatic rings. The predicted molar refractivity (Wildman–Crippen MR) is 135 cm³/mol. The number of hydrogen-bond acceptors (Lipinski definition) is 3. The molecular formula is C29H34FNO2. The van der Waals surface area contributed by atoms with E-state index in [1.807, 2.05) is 12.1 Å². The average molecular weight is 448 g/mol. The van der Waals surface area contributed by atoms with Crippen molar-refractivity contribution in [2.45, 2.75) is 58.5 Å². The molecule has 174 valence electrons. The van der Waals surface area contributed by atoms with Crippen LogP contribution in [0.1, 0.15) is 57.9 Å². The molecule has 0 bridgehead atoms. The summed E-state index contributed by atoms with van der Waals surface area (Å²) in [4.78, 5) is 4.49. The Balaban J connectivity index is 1.48. The fourth-order valence-electron chi connectivity index (χ4n) is 3.69. The lowest BCUT2D eigenvalue weighted by Crippen LogP contribution is -2.08. The maximum absolute atomic E-state index is 14.1. The van der Waals surface area contributed by atoms with Crippen molar-refractivity contribution in [1.82, 2.24) is 4.98 Å². The third-order valence-corrected chi connectivity index (χ3v) is 5.68. The average Bonchev–Trinajstić information content (AvgIpc) is 2.82. The molecule has 3 rings (SSSR count). The van der Waals surface area contributed by atoms with Gasteiger partial charge in [-0.3, -0.25) is 4.98 Å². The number of benzene rings is 2. The Morgan fingerprint density at radius 1 is 1.00 bits per heavy atom. The van der Waals surface area contributed by atoms with E-state index in [2.05, 4.69) is 55.2 Å². The lowest BCUT2D eigenvalue weighted by Gasteiger charge is -2.12. The molecule has 0 aliphatic carbocycles. The molecule has 1 N–H and O–H groups in total. The number of aromatic hydroxyl groups is 1. The summed E-state index contributed by atoms with van der Waals surface area (Å²) in [5.41, 5.74) is 4.10. The molecular weight excluding hydrogens is 413 g/mol. The van der Waals surface area contributed by atoms with E-state index in [1.165, 1.54) is 18.9 Å². The highest BCUT2D eigenvalue weighted by Gasteiger charge is 2.07. The Labute approximate surface area is 197 Å². The third kappa shape index (κ3) is 7.83. The van der Waals surface area contributed by atoms with Crippen LogP contribution in [0.3, 0.4) is 0 Å². The number of pyridine rings is 1. The SMILES string of the molecule is CCCCCOC(C)CCC/C=C/c1ccc(-c2ccc(-c3ccc(O)cc3F)cn2)cc1. The third-order valence-electron chi connectivity index (χ3n) is 5.68. The Morgan fingerprint density at radius 3 is 2.48 bits per heavy atom. The van der Waals surface area contributed by atoms with Crippen LogP contribution < -0.4 is 0 Å². The Hall–Kier alpha value is -2.98. The predicted octanol–water partition coefficient (Wildman–Crippen LogP) is 8.04. The first-order chi connectivity index (χ1) is 16.1. The zero-order chi connectivity index (χ0) is 23.5. The normalized spacial score (nSPS) is 12.3. The zero-order valence-corrected chi connectivity index (χ0v) is 19.6. The monoisotopic (exact) mass is 447 g/mol. The van der Waals surface area contributed by atoms with Crippen LogP contribution in [0, 0.1) is 5.82 Å². The van der Waals surface area contributed by atoms with Gasteiger partial charge < -0.3 is 9.84 Å². The first-order valence-corrected chi connectivity index (χ1v) is 11.9. The summed E-state index contributed by atoms with van der Waals surface area (Å²) in [6.07, 6.45) is 13.3. The van der Waals surface area contributed by atoms with Crippen molar-refractivity contribution in [3.8, 4) is 28.1 Å². The van der Waals surface area contributed by atoms with E-state index in [4.69, 9.17) is 4.74 Å². The standard InChI is InChI=1S/C29H34FNO2/c1-3-4-8-19-33-22(2)9-6-5-7-10-23-11-13-24(14-12-23)29-18-15-25(21-31-29)27-17-16-26(32)20-28(27)30/h7,10-18,20-22,32H,3-6,8-9,19H2,1-2H3/b10-7+. The second-order valence-corrected chi connectivity index (χ2v) is 8.44. The van der Waals surface area contributed by atoms with E-state index >= 15 is 0 Å². The number of unbranched alkanes of at least 4 members (excludes halogenated alkanes) is 3. The molecule has 1 aromatic heterocycles. The van der Waals surface area contributed by atoms with Gasteiger partial charge in [0.05, 0.1) is 11.8 Å². The van der Waals surface area contributed by atoms with E-state index < -0.39 is 5.82 Å². The van der Waals surface area contributed by atoms with Gasteiger partial charge in [0.1, 0.15) is 11.6 Å². The van der Waals surface area contributed by atoms with Crippen LogP contribution in [0.2, 0.25) is 0 Å². The van der Waals surface area contributed by atoms with Crippen molar-refractivity contribution in [2.24, 2.45) is 0 Å². The summed E-state index contributed by atoms with van der Waals surface area (Å²) in [7, 11) is 0. The highest BCUT2D eigenvalue weighted by Crippen LogP contribution is 2.27. The number of phenolic OH excluding ortho intramolecular Hbond substituents is 1. The van der Waals surface area contributed by atoms with Crippen LogP contribution in [0.5, 0.6) is 5.75 Å². The Morgan fingerprint density at radius 2 is 1.79 bits per heavy atom. The van der Waals surface area contributed by atoms with Gasteiger partial charge in [0, 0.05) is 35.6 Å². The number of allylic oxidation sites excluding steroid dienone is 1. The summed E-state index contributed by atoms with van der Waals surface area (Å²) in [6, 6.07) is 16.1. The van der Waals surface area contributed by atoms with Gasteiger partial charge in [-0.2, -0.15) is 0 Å². The summed E-state index contributed by atoms with van der Waals surface area (Å²) in [6.45, 7) is 5.25. The summed E-state index contributed by atoms with van der Waals surface area (Å²) >= 11 is 0. The molecule has 1 atom stereocenters. The smallest absolute Gasteiger partial charge is 0.134 e. The van der Waals surface area contributed by atoms with E-state index in [0.29, 0.717) is 17.2 Å². The van der Waals surface area contributed by atoms with Gasteiger partial charge in [-0.05, 0) is 56.4 Å². The lowest BCUT2D eigenvalue weighted by atomic mass is 10.0. The van der Waals surface area contributed by atoms with Crippen molar-refractivity contribution in [3.05, 3.63) is 78.3 Å². The fraction of sp³-hybridized carbons (Fsp3) is 0.345. The molecule has 0 amide bonds. The van der Waals surface area contributed by atoms with Crippen LogP contribution in [-0.2, 0) is 4.74 Å². The van der Waals surface area contributed by atoms with E-state index in [0.717, 1.165) is 55.2 Å². The number of aromatic nitrogens is 1. The zero-order valence-electron chi connectivity index (χ0n) is 19.6. The van der Waals surface area contributed by atoms with Crippen LogP contribution in [0.25, 0.3) is 28.5 Å². The second-order valence-electron chi connectivity index (χ2n) is 8.44. The molecule has 2 aromatic carbocycles. The number of halogens is 1. The minimum atomic E-state index is -0.463. The van der Waals surface area contributed by atoms with E-state index in [1.54, 1.807) is 12.3 Å². The molecule has 0 spiro atoms. The summed E-state index contributed by atoms with van der Waals surface area (Å²) < 4.78 is 19.9. The van der Waals surface area contributed by atoms with Crippen molar-refractivity contribution in [1.29, 1.82) is 0 Å². The molecule has 0 aliphatic rings. The Kier molecular flexibility index (Phi) is 9.64. The number of hydrogen-bond donors (Lipinski definition) is 1. The molecule has 1 unspecified atom stereocenters. The van der Waals surface area contributed by atoms with Crippen LogP contribution in [0.4, 0.5) is 4.39 Å². The number of ether oxygens (including phenoxy) is 1. The number of phenols is 1. The maximum Gasteiger partial charge on any atom is 0.134 e. The molecule has 0 radical (unpaired) electrons.